The van der Waals surface area contributed by atoms with E-state index in [0.717, 1.165) is 11.3 Å². The molecule has 0 aliphatic heterocycles. The molecule has 10 heteroatoms. The molecule has 2 aromatic heterocycles. The molecule has 1 aromatic carbocycles. The Kier molecular flexibility index (Phi) is 5.06. The van der Waals surface area contributed by atoms with Crippen molar-refractivity contribution in [1.29, 1.82) is 0 Å². The van der Waals surface area contributed by atoms with Crippen LogP contribution in [0, 0.1) is 6.92 Å². The van der Waals surface area contributed by atoms with E-state index in [1.54, 1.807) is 0 Å². The molecular formula is C17H14F3N5O2. The molecule has 3 aromatic rings. The lowest BCUT2D eigenvalue weighted by molar-refractivity contribution is -0.154. The van der Waals surface area contributed by atoms with Crippen molar-refractivity contribution in [3.05, 3.63) is 60.0 Å². The number of halogens is 3. The first kappa shape index (κ1) is 18.4. The van der Waals surface area contributed by atoms with Crippen molar-refractivity contribution in [3.8, 4) is 11.6 Å². The summed E-state index contributed by atoms with van der Waals surface area (Å²) in [5.41, 5.74) is 2.20. The first-order chi connectivity index (χ1) is 12.8. The molecular weight excluding hydrogens is 363 g/mol. The van der Waals surface area contributed by atoms with Gasteiger partial charge in [-0.1, -0.05) is 22.9 Å². The summed E-state index contributed by atoms with van der Waals surface area (Å²) in [5.74, 6) is -0.727. The Morgan fingerprint density at radius 2 is 1.93 bits per heavy atom. The van der Waals surface area contributed by atoms with Crippen LogP contribution in [0.2, 0.25) is 0 Å². The lowest BCUT2D eigenvalue weighted by Crippen LogP contribution is -2.19. The van der Waals surface area contributed by atoms with Gasteiger partial charge in [-0.05, 0) is 25.1 Å². The third-order valence-electron chi connectivity index (χ3n) is 3.40. The van der Waals surface area contributed by atoms with E-state index in [1.165, 1.54) is 29.2 Å². The molecule has 0 saturated heterocycles. The summed E-state index contributed by atoms with van der Waals surface area (Å²) in [6.07, 6.45) is -1.79. The van der Waals surface area contributed by atoms with Crippen LogP contribution in [0.4, 0.5) is 18.9 Å². The highest BCUT2D eigenvalue weighted by Crippen LogP contribution is 2.18. The Labute approximate surface area is 151 Å². The van der Waals surface area contributed by atoms with Crippen molar-refractivity contribution >= 4 is 11.6 Å². The Hall–Kier alpha value is -3.43. The number of carbonyl (C=O) groups is 1. The average Bonchev–Trinajstić information content (AvgIpc) is 3.11. The zero-order chi connectivity index (χ0) is 19.4. The Morgan fingerprint density at radius 1 is 1.19 bits per heavy atom. The van der Waals surface area contributed by atoms with Gasteiger partial charge in [0, 0.05) is 6.07 Å². The van der Waals surface area contributed by atoms with E-state index >= 15 is 0 Å². The van der Waals surface area contributed by atoms with E-state index < -0.39 is 18.7 Å². The molecule has 1 N–H and O–H groups in total. The second-order valence-corrected chi connectivity index (χ2v) is 5.63. The largest absolute Gasteiger partial charge is 0.468 e. The summed E-state index contributed by atoms with van der Waals surface area (Å²) >= 11 is 0. The summed E-state index contributed by atoms with van der Waals surface area (Å²) in [7, 11) is 0. The maximum Gasteiger partial charge on any atom is 0.422 e. The molecule has 0 unspecified atom stereocenters. The van der Waals surface area contributed by atoms with Gasteiger partial charge in [-0.15, -0.1) is 5.10 Å². The Balaban J connectivity index is 1.63. The molecule has 140 valence electrons. The standard InChI is InChI=1S/C17H14F3N5O2/c1-11-2-5-13(6-3-11)25-9-14(23-24-25)16(26)22-12-4-7-15(21-8-12)27-10-17(18,19)20/h2-9H,10H2,1H3,(H,22,26). The number of carbonyl (C=O) groups excluding carboxylic acids is 1. The van der Waals surface area contributed by atoms with E-state index in [2.05, 4.69) is 25.3 Å². The number of anilines is 1. The summed E-state index contributed by atoms with van der Waals surface area (Å²) < 4.78 is 42.3. The third-order valence-corrected chi connectivity index (χ3v) is 3.40. The minimum atomic E-state index is -4.45. The number of nitrogens with zero attached hydrogens (tertiary/aromatic N) is 4. The van der Waals surface area contributed by atoms with Crippen LogP contribution in [-0.2, 0) is 0 Å². The van der Waals surface area contributed by atoms with Crippen LogP contribution in [0.5, 0.6) is 5.88 Å². The molecule has 0 fully saturated rings. The number of aromatic nitrogens is 4. The second-order valence-electron chi connectivity index (χ2n) is 5.63. The number of rotatable bonds is 5. The number of ether oxygens (including phenoxy) is 1. The molecule has 0 bridgehead atoms. The monoisotopic (exact) mass is 377 g/mol. The van der Waals surface area contributed by atoms with E-state index in [1.807, 2.05) is 31.2 Å². The zero-order valence-corrected chi connectivity index (χ0v) is 14.1. The normalized spacial score (nSPS) is 11.3. The molecule has 3 rings (SSSR count). The fourth-order valence-corrected chi connectivity index (χ4v) is 2.08. The highest BCUT2D eigenvalue weighted by Gasteiger charge is 2.28. The molecule has 0 aliphatic rings. The van der Waals surface area contributed by atoms with Crippen LogP contribution in [0.15, 0.2) is 48.8 Å². The highest BCUT2D eigenvalue weighted by atomic mass is 19.4. The van der Waals surface area contributed by atoms with Gasteiger partial charge in [0.25, 0.3) is 5.91 Å². The fourth-order valence-electron chi connectivity index (χ4n) is 2.08. The number of alkyl halides is 3. The van der Waals surface area contributed by atoms with E-state index in [4.69, 9.17) is 0 Å². The number of hydrogen-bond donors (Lipinski definition) is 1. The van der Waals surface area contributed by atoms with Crippen LogP contribution < -0.4 is 10.1 Å². The van der Waals surface area contributed by atoms with Crippen molar-refractivity contribution in [2.45, 2.75) is 13.1 Å². The number of hydrogen-bond acceptors (Lipinski definition) is 5. The van der Waals surface area contributed by atoms with Crippen molar-refractivity contribution in [1.82, 2.24) is 20.0 Å². The summed E-state index contributed by atoms with van der Waals surface area (Å²) in [4.78, 5) is 15.9. The minimum Gasteiger partial charge on any atom is -0.468 e. The lowest BCUT2D eigenvalue weighted by Gasteiger charge is -2.08. The number of benzene rings is 1. The molecule has 7 nitrogen and oxygen atoms in total. The van der Waals surface area contributed by atoms with Crippen molar-refractivity contribution < 1.29 is 22.7 Å². The van der Waals surface area contributed by atoms with Gasteiger partial charge in [-0.3, -0.25) is 4.79 Å². The van der Waals surface area contributed by atoms with Gasteiger partial charge in [0.2, 0.25) is 5.88 Å². The van der Waals surface area contributed by atoms with Crippen LogP contribution in [0.1, 0.15) is 16.1 Å². The van der Waals surface area contributed by atoms with Crippen molar-refractivity contribution in [3.63, 3.8) is 0 Å². The first-order valence-corrected chi connectivity index (χ1v) is 7.76. The Bertz CT molecular complexity index is 921. The lowest BCUT2D eigenvalue weighted by atomic mass is 10.2. The molecule has 2 heterocycles. The molecule has 1 amide bonds. The topological polar surface area (TPSA) is 81.9 Å². The fraction of sp³-hybridized carbons (Fsp3) is 0.176. The van der Waals surface area contributed by atoms with Crippen LogP contribution in [0.3, 0.4) is 0 Å². The van der Waals surface area contributed by atoms with E-state index in [9.17, 15) is 18.0 Å². The predicted octanol–water partition coefficient (Wildman–Crippen LogP) is 3.16. The molecule has 0 aliphatic carbocycles. The van der Waals surface area contributed by atoms with Gasteiger partial charge >= 0.3 is 6.18 Å². The van der Waals surface area contributed by atoms with Gasteiger partial charge in [0.05, 0.1) is 23.8 Å². The average molecular weight is 377 g/mol. The number of pyridine rings is 1. The summed E-state index contributed by atoms with van der Waals surface area (Å²) in [6, 6.07) is 10.1. The van der Waals surface area contributed by atoms with Crippen LogP contribution in [0.25, 0.3) is 5.69 Å². The van der Waals surface area contributed by atoms with Gasteiger partial charge in [-0.2, -0.15) is 13.2 Å². The Morgan fingerprint density at radius 3 is 2.56 bits per heavy atom. The molecule has 0 radical (unpaired) electrons. The third kappa shape index (κ3) is 5.03. The van der Waals surface area contributed by atoms with Crippen LogP contribution >= 0.6 is 0 Å². The second kappa shape index (κ2) is 7.44. The van der Waals surface area contributed by atoms with Gasteiger partial charge in [0.15, 0.2) is 12.3 Å². The summed E-state index contributed by atoms with van der Waals surface area (Å²) in [6.45, 7) is 0.519. The molecule has 0 spiro atoms. The molecule has 27 heavy (non-hydrogen) atoms. The van der Waals surface area contributed by atoms with Crippen molar-refractivity contribution in [2.75, 3.05) is 11.9 Å². The van der Waals surface area contributed by atoms with E-state index in [0.29, 0.717) is 0 Å². The zero-order valence-electron chi connectivity index (χ0n) is 14.1. The van der Waals surface area contributed by atoms with Crippen LogP contribution in [-0.4, -0.2) is 38.7 Å². The molecule has 0 atom stereocenters. The summed E-state index contributed by atoms with van der Waals surface area (Å²) in [5, 5.41) is 10.3. The van der Waals surface area contributed by atoms with Gasteiger partial charge in [-0.25, -0.2) is 9.67 Å². The van der Waals surface area contributed by atoms with E-state index in [-0.39, 0.29) is 17.3 Å². The highest BCUT2D eigenvalue weighted by molar-refractivity contribution is 6.02. The van der Waals surface area contributed by atoms with Gasteiger partial charge in [0.1, 0.15) is 0 Å². The SMILES string of the molecule is Cc1ccc(-n2cc(C(=O)Nc3ccc(OCC(F)(F)F)nc3)nn2)cc1. The maximum atomic E-state index is 12.2. The van der Waals surface area contributed by atoms with Crippen molar-refractivity contribution in [2.24, 2.45) is 0 Å². The molecule has 0 saturated carbocycles. The first-order valence-electron chi connectivity index (χ1n) is 7.76. The number of amides is 1. The number of aryl methyl sites for hydroxylation is 1. The predicted molar refractivity (Wildman–Crippen MR) is 89.8 cm³/mol. The number of nitrogens with one attached hydrogen (secondary N) is 1. The maximum absolute atomic E-state index is 12.2. The van der Waals surface area contributed by atoms with Gasteiger partial charge < -0.3 is 10.1 Å². The quantitative estimate of drug-likeness (QED) is 0.739. The minimum absolute atomic E-state index is 0.0768. The smallest absolute Gasteiger partial charge is 0.422 e.